The lowest BCUT2D eigenvalue weighted by atomic mass is 10.1. The zero-order valence-electron chi connectivity index (χ0n) is 14.9. The van der Waals surface area contributed by atoms with E-state index < -0.39 is 0 Å². The molecule has 0 aliphatic heterocycles. The largest absolute Gasteiger partial charge is 0.493 e. The van der Waals surface area contributed by atoms with Crippen molar-refractivity contribution >= 4 is 28.4 Å². The minimum Gasteiger partial charge on any atom is -0.493 e. The molecule has 0 radical (unpaired) electrons. The second kappa shape index (κ2) is 8.86. The third kappa shape index (κ3) is 4.51. The molecule has 3 nitrogen and oxygen atoms in total. The number of benzene rings is 3. The van der Waals surface area contributed by atoms with E-state index in [1.54, 1.807) is 12.2 Å². The molecule has 0 saturated heterocycles. The number of carbonyl (C=O) groups excluding carboxylic acids is 1. The monoisotopic (exact) mass is 345 g/mol. The quantitative estimate of drug-likeness (QED) is 0.442. The summed E-state index contributed by atoms with van der Waals surface area (Å²) in [7, 11) is 0. The number of nitrogens with one attached hydrogen (secondary N) is 1. The van der Waals surface area contributed by atoms with Gasteiger partial charge in [-0.2, -0.15) is 0 Å². The van der Waals surface area contributed by atoms with Gasteiger partial charge in [-0.3, -0.25) is 4.79 Å². The first-order valence-electron chi connectivity index (χ1n) is 8.96. The smallest absolute Gasteiger partial charge is 0.248 e. The molecule has 0 spiro atoms. The Labute approximate surface area is 154 Å². The number of rotatable bonds is 7. The predicted octanol–water partition coefficient (Wildman–Crippen LogP) is 5.67. The van der Waals surface area contributed by atoms with Crippen LogP contribution in [0.1, 0.15) is 25.3 Å². The van der Waals surface area contributed by atoms with Crippen molar-refractivity contribution in [2.45, 2.75) is 19.8 Å². The molecule has 0 unspecified atom stereocenters. The molecule has 0 bridgehead atoms. The van der Waals surface area contributed by atoms with Crippen LogP contribution in [0.15, 0.2) is 72.8 Å². The van der Waals surface area contributed by atoms with Crippen molar-refractivity contribution < 1.29 is 9.53 Å². The van der Waals surface area contributed by atoms with Crippen molar-refractivity contribution in [1.82, 2.24) is 0 Å². The lowest BCUT2D eigenvalue weighted by molar-refractivity contribution is -0.111. The number of amides is 1. The maximum absolute atomic E-state index is 12.4. The third-order valence-corrected chi connectivity index (χ3v) is 4.14. The van der Waals surface area contributed by atoms with Crippen LogP contribution < -0.4 is 10.1 Å². The molecule has 0 aliphatic carbocycles. The molecule has 26 heavy (non-hydrogen) atoms. The van der Waals surface area contributed by atoms with E-state index in [-0.39, 0.29) is 5.91 Å². The number of hydrogen-bond acceptors (Lipinski definition) is 2. The molecule has 3 aromatic rings. The summed E-state index contributed by atoms with van der Waals surface area (Å²) in [4.78, 5) is 12.4. The van der Waals surface area contributed by atoms with Crippen molar-refractivity contribution in [1.29, 1.82) is 0 Å². The highest BCUT2D eigenvalue weighted by atomic mass is 16.5. The summed E-state index contributed by atoms with van der Waals surface area (Å²) < 4.78 is 5.80. The number of ether oxygens (including phenoxy) is 1. The molecule has 0 atom stereocenters. The first-order chi connectivity index (χ1) is 12.8. The van der Waals surface area contributed by atoms with Crippen molar-refractivity contribution in [3.8, 4) is 5.75 Å². The summed E-state index contributed by atoms with van der Waals surface area (Å²) in [5, 5.41) is 5.09. The van der Waals surface area contributed by atoms with E-state index in [1.165, 1.54) is 0 Å². The van der Waals surface area contributed by atoms with E-state index >= 15 is 0 Å². The predicted molar refractivity (Wildman–Crippen MR) is 108 cm³/mol. The highest BCUT2D eigenvalue weighted by Gasteiger charge is 2.04. The van der Waals surface area contributed by atoms with Crippen molar-refractivity contribution in [3.05, 3.63) is 78.4 Å². The Morgan fingerprint density at radius 1 is 1.00 bits per heavy atom. The van der Waals surface area contributed by atoms with Gasteiger partial charge in [-0.15, -0.1) is 0 Å². The molecule has 1 amide bonds. The molecule has 0 fully saturated rings. The van der Waals surface area contributed by atoms with Gasteiger partial charge in [0.25, 0.3) is 0 Å². The average molecular weight is 345 g/mol. The summed E-state index contributed by atoms with van der Waals surface area (Å²) >= 11 is 0. The second-order valence-electron chi connectivity index (χ2n) is 6.09. The zero-order valence-corrected chi connectivity index (χ0v) is 14.9. The van der Waals surface area contributed by atoms with Crippen molar-refractivity contribution in [2.75, 3.05) is 11.9 Å². The van der Waals surface area contributed by atoms with Gasteiger partial charge in [0.15, 0.2) is 0 Å². The van der Waals surface area contributed by atoms with Crippen LogP contribution >= 0.6 is 0 Å². The fourth-order valence-corrected chi connectivity index (χ4v) is 2.75. The Morgan fingerprint density at radius 3 is 2.65 bits per heavy atom. The SMILES string of the molecule is CCCCOc1ccccc1/C=C/C(=O)Nc1cccc2ccccc12. The average Bonchev–Trinajstić information content (AvgIpc) is 2.68. The van der Waals surface area contributed by atoms with Crippen LogP contribution in [0.25, 0.3) is 16.8 Å². The van der Waals surface area contributed by atoms with Crippen LogP contribution in [0.4, 0.5) is 5.69 Å². The van der Waals surface area contributed by atoms with Gasteiger partial charge in [-0.05, 0) is 30.0 Å². The first kappa shape index (κ1) is 17.7. The Morgan fingerprint density at radius 2 is 1.77 bits per heavy atom. The maximum Gasteiger partial charge on any atom is 0.248 e. The molecular formula is C23H23NO2. The van der Waals surface area contributed by atoms with E-state index in [0.29, 0.717) is 6.61 Å². The minimum absolute atomic E-state index is 0.162. The van der Waals surface area contributed by atoms with Crippen molar-refractivity contribution in [2.24, 2.45) is 0 Å². The van der Waals surface area contributed by atoms with Gasteiger partial charge in [0.1, 0.15) is 5.75 Å². The number of hydrogen-bond donors (Lipinski definition) is 1. The summed E-state index contributed by atoms with van der Waals surface area (Å²) in [5.74, 6) is 0.639. The normalized spacial score (nSPS) is 11.0. The molecule has 0 heterocycles. The van der Waals surface area contributed by atoms with E-state index in [0.717, 1.165) is 40.6 Å². The molecule has 0 saturated carbocycles. The van der Waals surface area contributed by atoms with Gasteiger partial charge in [0.05, 0.1) is 6.61 Å². The number of unbranched alkanes of at least 4 members (excludes halogenated alkanes) is 1. The Hall–Kier alpha value is -3.07. The van der Waals surface area contributed by atoms with Crippen LogP contribution in [-0.4, -0.2) is 12.5 Å². The van der Waals surface area contributed by atoms with Crippen LogP contribution in [0.5, 0.6) is 5.75 Å². The maximum atomic E-state index is 12.4. The van der Waals surface area contributed by atoms with Crippen LogP contribution in [0.3, 0.4) is 0 Å². The summed E-state index contributed by atoms with van der Waals surface area (Å²) in [6, 6.07) is 21.6. The number of fused-ring (bicyclic) bond motifs is 1. The van der Waals surface area contributed by atoms with Crippen LogP contribution in [0.2, 0.25) is 0 Å². The van der Waals surface area contributed by atoms with Gasteiger partial charge in [0.2, 0.25) is 5.91 Å². The standard InChI is InChI=1S/C23H23NO2/c1-2-3-17-26-22-14-7-5-10-19(22)15-16-23(25)24-21-13-8-11-18-9-4-6-12-20(18)21/h4-16H,2-3,17H2,1H3,(H,24,25)/b16-15+. The molecule has 3 aromatic carbocycles. The molecular weight excluding hydrogens is 322 g/mol. The fraction of sp³-hybridized carbons (Fsp3) is 0.174. The van der Waals surface area contributed by atoms with Gasteiger partial charge >= 0.3 is 0 Å². The van der Waals surface area contributed by atoms with Crippen LogP contribution in [-0.2, 0) is 4.79 Å². The second-order valence-corrected chi connectivity index (χ2v) is 6.09. The Balaban J connectivity index is 1.72. The van der Waals surface area contributed by atoms with Gasteiger partial charge < -0.3 is 10.1 Å². The van der Waals surface area contributed by atoms with Gasteiger partial charge in [0, 0.05) is 22.7 Å². The number of anilines is 1. The first-order valence-corrected chi connectivity index (χ1v) is 8.96. The lowest BCUT2D eigenvalue weighted by Gasteiger charge is -2.09. The number of carbonyl (C=O) groups is 1. The van der Waals surface area contributed by atoms with E-state index in [9.17, 15) is 4.79 Å². The van der Waals surface area contributed by atoms with E-state index in [4.69, 9.17) is 4.74 Å². The van der Waals surface area contributed by atoms with Crippen LogP contribution in [0, 0.1) is 0 Å². The molecule has 0 aliphatic rings. The highest BCUT2D eigenvalue weighted by Crippen LogP contribution is 2.23. The highest BCUT2D eigenvalue weighted by molar-refractivity contribution is 6.07. The Kier molecular flexibility index (Phi) is 6.05. The van der Waals surface area contributed by atoms with Gasteiger partial charge in [-0.1, -0.05) is 67.9 Å². The molecule has 1 N–H and O–H groups in total. The molecule has 132 valence electrons. The molecule has 0 aromatic heterocycles. The third-order valence-electron chi connectivity index (χ3n) is 4.14. The van der Waals surface area contributed by atoms with Crippen molar-refractivity contribution in [3.63, 3.8) is 0 Å². The summed E-state index contributed by atoms with van der Waals surface area (Å²) in [5.41, 5.74) is 1.71. The number of para-hydroxylation sites is 1. The zero-order chi connectivity index (χ0) is 18.2. The lowest BCUT2D eigenvalue weighted by Crippen LogP contribution is -2.08. The summed E-state index contributed by atoms with van der Waals surface area (Å²) in [6.07, 6.45) is 5.44. The van der Waals surface area contributed by atoms with E-state index in [2.05, 4.69) is 12.2 Å². The molecule has 3 rings (SSSR count). The summed E-state index contributed by atoms with van der Waals surface area (Å²) in [6.45, 7) is 2.82. The minimum atomic E-state index is -0.162. The Bertz CT molecular complexity index is 909. The fourth-order valence-electron chi connectivity index (χ4n) is 2.75. The topological polar surface area (TPSA) is 38.3 Å². The molecule has 3 heteroatoms. The van der Waals surface area contributed by atoms with Gasteiger partial charge in [-0.25, -0.2) is 0 Å². The van der Waals surface area contributed by atoms with E-state index in [1.807, 2.05) is 66.7 Å².